The van der Waals surface area contributed by atoms with E-state index in [4.69, 9.17) is 14.2 Å². The van der Waals surface area contributed by atoms with Gasteiger partial charge in [-0.1, -0.05) is 60.6 Å². The largest absolute Gasteiger partial charge is 0.497 e. The molecular weight excluding hydrogens is 735 g/mol. The van der Waals surface area contributed by atoms with E-state index in [0.717, 1.165) is 37.1 Å². The minimum Gasteiger partial charge on any atom is -0.497 e. The summed E-state index contributed by atoms with van der Waals surface area (Å²) >= 11 is 0. The zero-order valence-corrected chi connectivity index (χ0v) is 35.8. The standard InChI is InChI=1S/C46H59N3O7Si/c1-30(2)11-9-12-31(3)24-26-49-40-23-16-34(47-44(52)33-14-17-36(54-5)18-15-33)27-39(40)46(45(49)53)32(4)43(57(7,8)38-21-19-37(55-6)20-22-38)41(56-46)28-42(51)48-25-10-13-35(48)29-50/h11,14-24,27,32,35,41,43,50H,9-10,12-13,25-26,28-29H2,1-8H3,(H,47,52)/b31-24+/t32-,35+,41+,43-,46+/m1/s1. The molecule has 3 aromatic rings. The highest BCUT2D eigenvalue weighted by atomic mass is 28.3. The monoisotopic (exact) mass is 793 g/mol. The predicted molar refractivity (Wildman–Crippen MR) is 228 cm³/mol. The molecule has 0 radical (unpaired) electrons. The SMILES string of the molecule is COc1ccc(C(=O)Nc2ccc3c(c2)[C@]2(O[C@@H](CC(=O)N4CCC[C@H]4CO)[C@H]([Si](C)(C)c4ccc(OC)cc4)[C@H]2C)C(=O)N3C/C=C(\C)CCC=C(C)C)cc1. The topological polar surface area (TPSA) is 118 Å². The van der Waals surface area contributed by atoms with E-state index in [1.165, 1.54) is 16.3 Å². The summed E-state index contributed by atoms with van der Waals surface area (Å²) in [6, 6.07) is 20.5. The number of aliphatic hydroxyl groups excluding tert-OH is 1. The molecule has 3 heterocycles. The Bertz CT molecular complexity index is 2010. The number of carbonyl (C=O) groups excluding carboxylic acids is 3. The number of allylic oxidation sites excluding steroid dienone is 3. The molecule has 2 fully saturated rings. The van der Waals surface area contributed by atoms with Gasteiger partial charge in [-0.2, -0.15) is 0 Å². The Morgan fingerprint density at radius 2 is 1.65 bits per heavy atom. The first-order valence-electron chi connectivity index (χ1n) is 20.2. The second kappa shape index (κ2) is 17.4. The number of nitrogens with one attached hydrogen (secondary N) is 1. The molecule has 2 N–H and O–H groups in total. The Kier molecular flexibility index (Phi) is 12.8. The van der Waals surface area contributed by atoms with Gasteiger partial charge < -0.3 is 34.4 Å². The van der Waals surface area contributed by atoms with E-state index in [0.29, 0.717) is 35.7 Å². The maximum absolute atomic E-state index is 15.3. The number of anilines is 2. The number of methoxy groups -OCH3 is 2. The van der Waals surface area contributed by atoms with Crippen molar-refractivity contribution in [3.05, 3.63) is 101 Å². The van der Waals surface area contributed by atoms with Gasteiger partial charge in [0.05, 0.1) is 53.2 Å². The Hall–Kier alpha value is -4.71. The van der Waals surface area contributed by atoms with Crippen LogP contribution < -0.4 is 24.9 Å². The van der Waals surface area contributed by atoms with Crippen LogP contribution in [0.25, 0.3) is 0 Å². The third-order valence-electron chi connectivity index (χ3n) is 12.4. The van der Waals surface area contributed by atoms with Crippen LogP contribution >= 0.6 is 0 Å². The van der Waals surface area contributed by atoms with Crippen LogP contribution in [0.1, 0.15) is 75.7 Å². The fourth-order valence-corrected chi connectivity index (χ4v) is 13.3. The quantitative estimate of drug-likeness (QED) is 0.128. The van der Waals surface area contributed by atoms with Gasteiger partial charge in [0.15, 0.2) is 5.60 Å². The predicted octanol–water partition coefficient (Wildman–Crippen LogP) is 7.58. The van der Waals surface area contributed by atoms with Crippen molar-refractivity contribution >= 4 is 42.4 Å². The number of hydrogen-bond donors (Lipinski definition) is 2. The number of hydrogen-bond acceptors (Lipinski definition) is 7. The third-order valence-corrected chi connectivity index (χ3v) is 16.8. The molecule has 10 nitrogen and oxygen atoms in total. The summed E-state index contributed by atoms with van der Waals surface area (Å²) in [4.78, 5) is 46.7. The van der Waals surface area contributed by atoms with Gasteiger partial charge in [-0.25, -0.2) is 0 Å². The molecule has 3 aliphatic rings. The van der Waals surface area contributed by atoms with Gasteiger partial charge >= 0.3 is 0 Å². The highest BCUT2D eigenvalue weighted by molar-refractivity contribution is 6.91. The summed E-state index contributed by atoms with van der Waals surface area (Å²) in [6.45, 7) is 13.9. The van der Waals surface area contributed by atoms with Crippen molar-refractivity contribution in [1.82, 2.24) is 4.90 Å². The van der Waals surface area contributed by atoms with E-state index in [2.05, 4.69) is 70.4 Å². The van der Waals surface area contributed by atoms with Crippen LogP contribution in [0.3, 0.4) is 0 Å². The van der Waals surface area contributed by atoms with E-state index >= 15 is 4.79 Å². The highest BCUT2D eigenvalue weighted by Gasteiger charge is 2.66. The average Bonchev–Trinajstić information content (AvgIpc) is 3.86. The van der Waals surface area contributed by atoms with E-state index in [1.54, 1.807) is 43.4 Å². The Labute approximate surface area is 338 Å². The van der Waals surface area contributed by atoms with E-state index in [9.17, 15) is 14.7 Å². The normalized spacial score (nSPS) is 23.2. The lowest BCUT2D eigenvalue weighted by atomic mass is 9.82. The van der Waals surface area contributed by atoms with Crippen LogP contribution in [-0.2, 0) is 19.9 Å². The zero-order valence-electron chi connectivity index (χ0n) is 34.8. The number of nitrogens with zero attached hydrogens (tertiary/aromatic N) is 2. The minimum atomic E-state index is -2.53. The first-order chi connectivity index (χ1) is 27.2. The number of likely N-dealkylation sites (tertiary alicyclic amines) is 1. The zero-order chi connectivity index (χ0) is 41.1. The van der Waals surface area contributed by atoms with Gasteiger partial charge in [0.25, 0.3) is 11.8 Å². The summed E-state index contributed by atoms with van der Waals surface area (Å²) in [5.74, 6) is 0.558. The van der Waals surface area contributed by atoms with Crippen LogP contribution in [0.5, 0.6) is 11.5 Å². The van der Waals surface area contributed by atoms with E-state index in [1.807, 2.05) is 35.2 Å². The molecule has 5 atom stereocenters. The first kappa shape index (κ1) is 41.9. The summed E-state index contributed by atoms with van der Waals surface area (Å²) < 4.78 is 18.1. The van der Waals surface area contributed by atoms with Crippen molar-refractivity contribution in [2.24, 2.45) is 5.92 Å². The molecule has 3 aromatic carbocycles. The van der Waals surface area contributed by atoms with Gasteiger partial charge in [-0.3, -0.25) is 14.4 Å². The first-order valence-corrected chi connectivity index (χ1v) is 23.3. The molecular formula is C46H59N3O7Si. The van der Waals surface area contributed by atoms with Crippen LogP contribution in [0.4, 0.5) is 11.4 Å². The van der Waals surface area contributed by atoms with Crippen LogP contribution in [0, 0.1) is 5.92 Å². The number of ether oxygens (including phenoxy) is 3. The van der Waals surface area contributed by atoms with Gasteiger partial charge in [-0.05, 0) is 107 Å². The second-order valence-corrected chi connectivity index (χ2v) is 21.3. The van der Waals surface area contributed by atoms with E-state index in [-0.39, 0.29) is 48.3 Å². The fraction of sp³-hybridized carbons (Fsp3) is 0.457. The summed E-state index contributed by atoms with van der Waals surface area (Å²) in [6.07, 6.45) is 7.27. The highest BCUT2D eigenvalue weighted by Crippen LogP contribution is 2.60. The number of aliphatic hydroxyl groups is 1. The van der Waals surface area contributed by atoms with Crippen molar-refractivity contribution < 1.29 is 33.7 Å². The lowest BCUT2D eigenvalue weighted by Crippen LogP contribution is -2.52. The maximum Gasteiger partial charge on any atom is 0.264 e. The molecule has 0 aliphatic carbocycles. The second-order valence-electron chi connectivity index (χ2n) is 16.6. The Morgan fingerprint density at radius 3 is 2.28 bits per heavy atom. The Balaban J connectivity index is 1.43. The third kappa shape index (κ3) is 8.33. The van der Waals surface area contributed by atoms with Gasteiger partial charge in [-0.15, -0.1) is 0 Å². The molecule has 0 aromatic heterocycles. The Morgan fingerprint density at radius 1 is 0.982 bits per heavy atom. The van der Waals surface area contributed by atoms with Crippen molar-refractivity contribution in [3.8, 4) is 11.5 Å². The van der Waals surface area contributed by atoms with Gasteiger partial charge in [0, 0.05) is 35.8 Å². The van der Waals surface area contributed by atoms with Crippen molar-refractivity contribution in [2.75, 3.05) is 44.1 Å². The maximum atomic E-state index is 15.3. The average molecular weight is 794 g/mol. The van der Waals surface area contributed by atoms with Crippen LogP contribution in [0.15, 0.2) is 90.0 Å². The lowest BCUT2D eigenvalue weighted by molar-refractivity contribution is -0.149. The van der Waals surface area contributed by atoms with Crippen molar-refractivity contribution in [1.29, 1.82) is 0 Å². The van der Waals surface area contributed by atoms with Crippen LogP contribution in [0.2, 0.25) is 18.6 Å². The number of carbonyl (C=O) groups is 3. The minimum absolute atomic E-state index is 0.0664. The van der Waals surface area contributed by atoms with Gasteiger partial charge in [0.1, 0.15) is 11.5 Å². The molecule has 0 unspecified atom stereocenters. The smallest absolute Gasteiger partial charge is 0.264 e. The summed E-state index contributed by atoms with van der Waals surface area (Å²) in [7, 11) is 0.703. The van der Waals surface area contributed by atoms with Crippen molar-refractivity contribution in [2.45, 2.75) is 96.2 Å². The summed E-state index contributed by atoms with van der Waals surface area (Å²) in [5, 5.41) is 14.4. The molecule has 0 bridgehead atoms. The number of benzene rings is 3. The molecule has 3 amide bonds. The summed E-state index contributed by atoms with van der Waals surface area (Å²) in [5.41, 5.74) is 3.33. The number of amides is 3. The lowest BCUT2D eigenvalue weighted by Gasteiger charge is -2.37. The fourth-order valence-electron chi connectivity index (χ4n) is 9.30. The molecule has 1 spiro atoms. The molecule has 3 aliphatic heterocycles. The molecule has 11 heteroatoms. The van der Waals surface area contributed by atoms with Crippen LogP contribution in [-0.4, -0.2) is 81.9 Å². The van der Waals surface area contributed by atoms with E-state index < -0.39 is 19.8 Å². The molecule has 304 valence electrons. The molecule has 2 saturated heterocycles. The molecule has 6 rings (SSSR count). The van der Waals surface area contributed by atoms with Crippen molar-refractivity contribution in [3.63, 3.8) is 0 Å². The van der Waals surface area contributed by atoms with Gasteiger partial charge in [0.2, 0.25) is 5.91 Å². The molecule has 57 heavy (non-hydrogen) atoms. The number of fused-ring (bicyclic) bond motifs is 2. The number of rotatable bonds is 14. The molecule has 0 saturated carbocycles.